The summed E-state index contributed by atoms with van der Waals surface area (Å²) in [6, 6.07) is 5.36. The largest absolute Gasteiger partial charge is 0.424 e. The summed E-state index contributed by atoms with van der Waals surface area (Å²) in [4.78, 5) is 17.3. The maximum Gasteiger partial charge on any atom is 0.424 e. The molecule has 2 rings (SSSR count). The highest BCUT2D eigenvalue weighted by Crippen LogP contribution is 2.22. The Morgan fingerprint density at radius 1 is 1.35 bits per heavy atom. The van der Waals surface area contributed by atoms with Gasteiger partial charge in [0.05, 0.1) is 6.07 Å². The third kappa shape index (κ3) is 4.08. The van der Waals surface area contributed by atoms with Crippen LogP contribution in [0.3, 0.4) is 0 Å². The summed E-state index contributed by atoms with van der Waals surface area (Å²) < 4.78 is 6.77. The van der Waals surface area contributed by atoms with Crippen molar-refractivity contribution >= 4 is 5.97 Å². The van der Waals surface area contributed by atoms with Gasteiger partial charge in [0.15, 0.2) is 6.61 Å². The topological polar surface area (TPSA) is 39.4 Å². The Kier molecular flexibility index (Phi) is 5.16. The second kappa shape index (κ2) is 7.08. The normalized spacial score (nSPS) is 15.7. The van der Waals surface area contributed by atoms with Crippen molar-refractivity contribution in [1.82, 2.24) is 0 Å². The van der Waals surface area contributed by atoms with Crippen molar-refractivity contribution < 1.29 is 19.1 Å². The highest BCUT2D eigenvalue weighted by atomic mass is 16.7. The minimum Gasteiger partial charge on any atom is -0.364 e. The fraction of sp³-hybridized carbons (Fsp3) is 0.500. The Morgan fingerprint density at radius 3 is 2.80 bits per heavy atom. The zero-order valence-corrected chi connectivity index (χ0v) is 12.0. The molecule has 0 radical (unpaired) electrons. The molecule has 4 nitrogen and oxygen atoms in total. The summed E-state index contributed by atoms with van der Waals surface area (Å²) in [5, 5.41) is 0. The van der Waals surface area contributed by atoms with E-state index in [4.69, 9.17) is 9.57 Å². The van der Waals surface area contributed by atoms with Crippen molar-refractivity contribution in [3.05, 3.63) is 36.5 Å². The molecular weight excluding hydrogens is 254 g/mol. The molecule has 0 aromatic carbocycles. The molecule has 0 bridgehead atoms. The molecule has 1 aliphatic carbocycles. The molecule has 1 saturated carbocycles. The summed E-state index contributed by atoms with van der Waals surface area (Å²) in [6.45, 7) is 5.86. The van der Waals surface area contributed by atoms with Crippen molar-refractivity contribution in [3.8, 4) is 5.88 Å². The molecule has 0 N–H and O–H groups in total. The minimum absolute atomic E-state index is 0.368. The molecule has 20 heavy (non-hydrogen) atoms. The van der Waals surface area contributed by atoms with Crippen LogP contribution in [-0.2, 0) is 4.79 Å². The maximum absolute atomic E-state index is 11.6. The lowest BCUT2D eigenvalue weighted by atomic mass is 9.90. The number of nitrogens with zero attached hydrogens (tertiary/aromatic N) is 1. The van der Waals surface area contributed by atoms with Crippen LogP contribution in [0, 0.1) is 5.92 Å². The molecule has 1 aromatic rings. The summed E-state index contributed by atoms with van der Waals surface area (Å²) >= 11 is 0. The van der Waals surface area contributed by atoms with E-state index >= 15 is 0 Å². The zero-order chi connectivity index (χ0) is 14.4. The molecule has 0 atom stereocenters. The van der Waals surface area contributed by atoms with E-state index in [-0.39, 0.29) is 0 Å². The number of ether oxygens (including phenoxy) is 1. The molecule has 0 spiro atoms. The van der Waals surface area contributed by atoms with E-state index in [1.165, 1.54) is 36.8 Å². The number of pyridine rings is 1. The van der Waals surface area contributed by atoms with E-state index < -0.39 is 5.97 Å². The molecule has 0 unspecified atom stereocenters. The van der Waals surface area contributed by atoms with Crippen LogP contribution in [0.1, 0.15) is 39.0 Å². The minimum atomic E-state index is -0.439. The van der Waals surface area contributed by atoms with Gasteiger partial charge in [-0.25, -0.2) is 4.79 Å². The van der Waals surface area contributed by atoms with E-state index in [2.05, 4.69) is 6.58 Å². The van der Waals surface area contributed by atoms with Crippen molar-refractivity contribution in [2.24, 2.45) is 5.92 Å². The zero-order valence-electron chi connectivity index (χ0n) is 12.0. The van der Waals surface area contributed by atoms with Gasteiger partial charge >= 0.3 is 11.8 Å². The van der Waals surface area contributed by atoms with E-state index in [1.807, 2.05) is 12.1 Å². The van der Waals surface area contributed by atoms with Gasteiger partial charge in [-0.3, -0.25) is 4.84 Å². The van der Waals surface area contributed by atoms with Gasteiger partial charge in [0.25, 0.3) is 0 Å². The Balaban J connectivity index is 1.96. The molecule has 4 heteroatoms. The van der Waals surface area contributed by atoms with Gasteiger partial charge < -0.3 is 4.74 Å². The lowest BCUT2D eigenvalue weighted by Crippen LogP contribution is -2.46. The quantitative estimate of drug-likeness (QED) is 0.471. The lowest BCUT2D eigenvalue weighted by molar-refractivity contribution is -0.893. The summed E-state index contributed by atoms with van der Waals surface area (Å²) in [5.41, 5.74) is 0.368. The van der Waals surface area contributed by atoms with Crippen LogP contribution in [0.15, 0.2) is 36.5 Å². The van der Waals surface area contributed by atoms with Gasteiger partial charge in [-0.2, -0.15) is 0 Å². The average Bonchev–Trinajstić information content (AvgIpc) is 2.47. The SMILES string of the molecule is C=C(C)C(=O)Oc1cccc[n+]1OCC1CCCCC1. The summed E-state index contributed by atoms with van der Waals surface area (Å²) in [6.07, 6.45) is 8.08. The van der Waals surface area contributed by atoms with Crippen molar-refractivity contribution in [1.29, 1.82) is 0 Å². The Labute approximate surface area is 120 Å². The van der Waals surface area contributed by atoms with Crippen LogP contribution in [0.4, 0.5) is 0 Å². The van der Waals surface area contributed by atoms with Crippen LogP contribution >= 0.6 is 0 Å². The molecule has 1 heterocycles. The molecule has 1 aromatic heterocycles. The number of esters is 1. The second-order valence-electron chi connectivity index (χ2n) is 5.33. The number of hydrogen-bond acceptors (Lipinski definition) is 3. The number of carbonyl (C=O) groups is 1. The highest BCUT2D eigenvalue weighted by Gasteiger charge is 2.21. The van der Waals surface area contributed by atoms with Crippen molar-refractivity contribution in [3.63, 3.8) is 0 Å². The first-order valence-corrected chi connectivity index (χ1v) is 7.18. The summed E-state index contributed by atoms with van der Waals surface area (Å²) in [5.74, 6) is 0.545. The molecule has 1 fully saturated rings. The molecule has 108 valence electrons. The van der Waals surface area contributed by atoms with Crippen LogP contribution in [0.25, 0.3) is 0 Å². The standard InChI is InChI=1S/C16H22NO3/c1-13(2)16(18)20-15-10-6-7-11-17(15)19-12-14-8-4-3-5-9-14/h6-7,10-11,14H,1,3-5,8-9,12H2,2H3/q+1. The molecule has 0 amide bonds. The number of carbonyl (C=O) groups excluding carboxylic acids is 1. The molecule has 1 aliphatic rings. The Morgan fingerprint density at radius 2 is 2.10 bits per heavy atom. The fourth-order valence-corrected chi connectivity index (χ4v) is 2.32. The third-order valence-electron chi connectivity index (χ3n) is 3.51. The third-order valence-corrected chi connectivity index (χ3v) is 3.51. The number of hydrogen-bond donors (Lipinski definition) is 0. The predicted octanol–water partition coefficient (Wildman–Crippen LogP) is 2.46. The number of rotatable bonds is 5. The van der Waals surface area contributed by atoms with Crippen LogP contribution < -0.4 is 14.3 Å². The van der Waals surface area contributed by atoms with Gasteiger partial charge in [0.2, 0.25) is 6.20 Å². The average molecular weight is 276 g/mol. The van der Waals surface area contributed by atoms with Gasteiger partial charge in [-0.05, 0) is 31.7 Å². The molecular formula is C16H22NO3+. The van der Waals surface area contributed by atoms with Crippen molar-refractivity contribution in [2.45, 2.75) is 39.0 Å². The van der Waals surface area contributed by atoms with Crippen molar-refractivity contribution in [2.75, 3.05) is 6.61 Å². The lowest BCUT2D eigenvalue weighted by Gasteiger charge is -2.19. The van der Waals surface area contributed by atoms with E-state index in [0.29, 0.717) is 24.0 Å². The predicted molar refractivity (Wildman–Crippen MR) is 75.1 cm³/mol. The smallest absolute Gasteiger partial charge is 0.364 e. The summed E-state index contributed by atoms with van der Waals surface area (Å²) in [7, 11) is 0. The van der Waals surface area contributed by atoms with Gasteiger partial charge in [0, 0.05) is 16.4 Å². The molecule has 0 aliphatic heterocycles. The van der Waals surface area contributed by atoms with Gasteiger partial charge in [0.1, 0.15) is 0 Å². The van der Waals surface area contributed by atoms with Crippen LogP contribution in [-0.4, -0.2) is 12.6 Å². The maximum atomic E-state index is 11.6. The van der Waals surface area contributed by atoms with E-state index in [9.17, 15) is 4.79 Å². The van der Waals surface area contributed by atoms with E-state index in [1.54, 1.807) is 19.2 Å². The first-order chi connectivity index (χ1) is 9.66. The Hall–Kier alpha value is -1.84. The number of aromatic nitrogens is 1. The van der Waals surface area contributed by atoms with Crippen LogP contribution in [0.5, 0.6) is 5.88 Å². The Bertz CT molecular complexity index is 478. The van der Waals surface area contributed by atoms with E-state index in [0.717, 1.165) is 0 Å². The van der Waals surface area contributed by atoms with Gasteiger partial charge in [-0.1, -0.05) is 25.8 Å². The fourth-order valence-electron chi connectivity index (χ4n) is 2.32. The second-order valence-corrected chi connectivity index (χ2v) is 5.33. The monoisotopic (exact) mass is 276 g/mol. The van der Waals surface area contributed by atoms with Crippen LogP contribution in [0.2, 0.25) is 0 Å². The first kappa shape index (κ1) is 14.6. The molecule has 0 saturated heterocycles. The first-order valence-electron chi connectivity index (χ1n) is 7.18. The van der Waals surface area contributed by atoms with Gasteiger partial charge in [-0.15, -0.1) is 0 Å². The highest BCUT2D eigenvalue weighted by molar-refractivity contribution is 5.88.